The first kappa shape index (κ1) is 11.8. The van der Waals surface area contributed by atoms with E-state index in [9.17, 15) is 0 Å². The summed E-state index contributed by atoms with van der Waals surface area (Å²) in [5.74, 6) is 0. The van der Waals surface area contributed by atoms with Crippen molar-refractivity contribution < 1.29 is 0 Å². The maximum Gasteiger partial charge on any atom is 0.0260 e. The van der Waals surface area contributed by atoms with Crippen LogP contribution in [0.1, 0.15) is 0 Å². The monoisotopic (exact) mass is 314 g/mol. The molecule has 0 spiro atoms. The van der Waals surface area contributed by atoms with E-state index in [1.165, 1.54) is 16.3 Å². The van der Waals surface area contributed by atoms with Crippen molar-refractivity contribution in [3.8, 4) is 11.1 Å². The van der Waals surface area contributed by atoms with Crippen LogP contribution in [0.3, 0.4) is 0 Å². The summed E-state index contributed by atoms with van der Waals surface area (Å²) < 4.78 is 1.10. The summed E-state index contributed by atoms with van der Waals surface area (Å²) in [6, 6.07) is 20.8. The second-order valence-electron chi connectivity index (χ2n) is 4.16. The van der Waals surface area contributed by atoms with Gasteiger partial charge < -0.3 is 0 Å². The van der Waals surface area contributed by atoms with E-state index in [1.54, 1.807) is 0 Å². The summed E-state index contributed by atoms with van der Waals surface area (Å²) in [6.45, 7) is 0. The Kier molecular flexibility index (Phi) is 3.14. The van der Waals surface area contributed by atoms with Crippen LogP contribution in [0.5, 0.6) is 0 Å². The SMILES string of the molecule is Sc1ccccc1-c1c(Br)ccc2ccccc12. The zero-order chi connectivity index (χ0) is 12.5. The predicted octanol–water partition coefficient (Wildman–Crippen LogP) is 5.56. The quantitative estimate of drug-likeness (QED) is 0.559. The minimum atomic E-state index is 0.995. The highest BCUT2D eigenvalue weighted by Gasteiger charge is 2.10. The van der Waals surface area contributed by atoms with Crippen LogP contribution < -0.4 is 0 Å². The van der Waals surface area contributed by atoms with Gasteiger partial charge in [-0.2, -0.15) is 0 Å². The summed E-state index contributed by atoms with van der Waals surface area (Å²) in [7, 11) is 0. The van der Waals surface area contributed by atoms with Gasteiger partial charge in [0.25, 0.3) is 0 Å². The molecule has 0 saturated carbocycles. The van der Waals surface area contributed by atoms with Gasteiger partial charge in [-0.05, 0) is 28.5 Å². The lowest BCUT2D eigenvalue weighted by Crippen LogP contribution is -1.85. The molecule has 3 aromatic rings. The van der Waals surface area contributed by atoms with E-state index in [0.717, 1.165) is 14.9 Å². The zero-order valence-corrected chi connectivity index (χ0v) is 12.1. The maximum atomic E-state index is 4.56. The molecule has 2 heteroatoms. The molecule has 88 valence electrons. The van der Waals surface area contributed by atoms with Crippen molar-refractivity contribution in [1.82, 2.24) is 0 Å². The molecule has 0 atom stereocenters. The van der Waals surface area contributed by atoms with E-state index in [-0.39, 0.29) is 0 Å². The van der Waals surface area contributed by atoms with Crippen LogP contribution in [0.2, 0.25) is 0 Å². The number of rotatable bonds is 1. The van der Waals surface area contributed by atoms with Gasteiger partial charge in [-0.3, -0.25) is 0 Å². The van der Waals surface area contributed by atoms with Crippen molar-refractivity contribution in [3.05, 3.63) is 65.1 Å². The van der Waals surface area contributed by atoms with E-state index in [0.29, 0.717) is 0 Å². The Morgan fingerprint density at radius 3 is 2.33 bits per heavy atom. The molecule has 0 aliphatic carbocycles. The van der Waals surface area contributed by atoms with Crippen LogP contribution in [0.15, 0.2) is 70.0 Å². The summed E-state index contributed by atoms with van der Waals surface area (Å²) >= 11 is 8.22. The topological polar surface area (TPSA) is 0 Å². The van der Waals surface area contributed by atoms with Gasteiger partial charge in [-0.1, -0.05) is 64.5 Å². The summed E-state index contributed by atoms with van der Waals surface area (Å²) in [5.41, 5.74) is 2.36. The number of fused-ring (bicyclic) bond motifs is 1. The van der Waals surface area contributed by atoms with Crippen LogP contribution in [0.4, 0.5) is 0 Å². The number of hydrogen-bond donors (Lipinski definition) is 1. The van der Waals surface area contributed by atoms with E-state index < -0.39 is 0 Å². The third-order valence-corrected chi connectivity index (χ3v) is 4.10. The summed E-state index contributed by atoms with van der Waals surface area (Å²) in [6.07, 6.45) is 0. The van der Waals surface area contributed by atoms with E-state index in [4.69, 9.17) is 0 Å². The summed E-state index contributed by atoms with van der Waals surface area (Å²) in [4.78, 5) is 0.995. The lowest BCUT2D eigenvalue weighted by atomic mass is 9.98. The third-order valence-electron chi connectivity index (χ3n) is 3.05. The highest BCUT2D eigenvalue weighted by Crippen LogP contribution is 2.38. The van der Waals surface area contributed by atoms with Crippen LogP contribution in [-0.2, 0) is 0 Å². The Balaban J connectivity index is 2.42. The minimum Gasteiger partial charge on any atom is -0.143 e. The fourth-order valence-electron chi connectivity index (χ4n) is 2.20. The molecule has 0 amide bonds. The van der Waals surface area contributed by atoms with E-state index in [2.05, 4.69) is 71.0 Å². The maximum absolute atomic E-state index is 4.56. The molecule has 0 aromatic heterocycles. The number of hydrogen-bond acceptors (Lipinski definition) is 1. The van der Waals surface area contributed by atoms with Gasteiger partial charge in [0.2, 0.25) is 0 Å². The second-order valence-corrected chi connectivity index (χ2v) is 5.50. The van der Waals surface area contributed by atoms with Crippen molar-refractivity contribution in [2.24, 2.45) is 0 Å². The Bertz CT molecular complexity index is 719. The number of benzene rings is 3. The normalized spacial score (nSPS) is 10.8. The highest BCUT2D eigenvalue weighted by atomic mass is 79.9. The van der Waals surface area contributed by atoms with E-state index in [1.807, 2.05) is 18.2 Å². The molecule has 18 heavy (non-hydrogen) atoms. The fourth-order valence-corrected chi connectivity index (χ4v) is 3.04. The Morgan fingerprint density at radius 1 is 0.778 bits per heavy atom. The van der Waals surface area contributed by atoms with Gasteiger partial charge in [-0.25, -0.2) is 0 Å². The molecule has 0 N–H and O–H groups in total. The van der Waals surface area contributed by atoms with Gasteiger partial charge in [0.05, 0.1) is 0 Å². The third kappa shape index (κ3) is 1.96. The van der Waals surface area contributed by atoms with Crippen molar-refractivity contribution in [2.75, 3.05) is 0 Å². The molecule has 0 nitrogen and oxygen atoms in total. The molecular weight excluding hydrogens is 304 g/mol. The molecule has 0 radical (unpaired) electrons. The van der Waals surface area contributed by atoms with Crippen LogP contribution in [0.25, 0.3) is 21.9 Å². The molecule has 0 bridgehead atoms. The average molecular weight is 315 g/mol. The molecule has 0 fully saturated rings. The van der Waals surface area contributed by atoms with Crippen LogP contribution in [0, 0.1) is 0 Å². The Morgan fingerprint density at radius 2 is 1.50 bits per heavy atom. The van der Waals surface area contributed by atoms with Crippen molar-refractivity contribution in [3.63, 3.8) is 0 Å². The molecular formula is C16H11BrS. The van der Waals surface area contributed by atoms with Gasteiger partial charge in [-0.15, -0.1) is 12.6 Å². The average Bonchev–Trinajstić information content (AvgIpc) is 2.40. The fraction of sp³-hybridized carbons (Fsp3) is 0. The first-order valence-corrected chi connectivity index (χ1v) is 6.97. The molecule has 0 aliphatic heterocycles. The van der Waals surface area contributed by atoms with Crippen molar-refractivity contribution in [1.29, 1.82) is 0 Å². The number of thiol groups is 1. The first-order valence-electron chi connectivity index (χ1n) is 5.73. The van der Waals surface area contributed by atoms with Crippen LogP contribution in [-0.4, -0.2) is 0 Å². The lowest BCUT2D eigenvalue weighted by molar-refractivity contribution is 1.46. The standard InChI is InChI=1S/C16H11BrS/c17-14-10-9-11-5-1-2-6-12(11)16(14)13-7-3-4-8-15(13)18/h1-10,18H. The van der Waals surface area contributed by atoms with Crippen LogP contribution >= 0.6 is 28.6 Å². The predicted molar refractivity (Wildman–Crippen MR) is 84.3 cm³/mol. The smallest absolute Gasteiger partial charge is 0.0260 e. The zero-order valence-electron chi connectivity index (χ0n) is 9.60. The highest BCUT2D eigenvalue weighted by molar-refractivity contribution is 9.10. The van der Waals surface area contributed by atoms with E-state index >= 15 is 0 Å². The van der Waals surface area contributed by atoms with Crippen molar-refractivity contribution >= 4 is 39.3 Å². The van der Waals surface area contributed by atoms with Gasteiger partial charge in [0, 0.05) is 14.9 Å². The first-order chi connectivity index (χ1) is 8.77. The molecule has 3 rings (SSSR count). The molecule has 0 saturated heterocycles. The van der Waals surface area contributed by atoms with Gasteiger partial charge in [0.15, 0.2) is 0 Å². The largest absolute Gasteiger partial charge is 0.143 e. The molecule has 0 aliphatic rings. The van der Waals surface area contributed by atoms with Crippen molar-refractivity contribution in [2.45, 2.75) is 4.90 Å². The molecule has 0 unspecified atom stereocenters. The minimum absolute atomic E-state index is 0.995. The summed E-state index contributed by atoms with van der Waals surface area (Å²) in [5, 5.41) is 2.49. The Hall–Kier alpha value is -1.25. The molecule has 3 aromatic carbocycles. The Labute approximate surface area is 120 Å². The van der Waals surface area contributed by atoms with Gasteiger partial charge in [0.1, 0.15) is 0 Å². The van der Waals surface area contributed by atoms with Gasteiger partial charge >= 0.3 is 0 Å². The second kappa shape index (κ2) is 4.79. The number of halogens is 1. The lowest BCUT2D eigenvalue weighted by Gasteiger charge is -2.11. The molecule has 0 heterocycles.